The molecular weight excluding hydrogens is 557 g/mol. The van der Waals surface area contributed by atoms with Gasteiger partial charge in [-0.2, -0.15) is 0 Å². The van der Waals surface area contributed by atoms with Gasteiger partial charge < -0.3 is 0 Å². The molecule has 0 aliphatic heterocycles. The lowest BCUT2D eigenvalue weighted by Crippen LogP contribution is -2.04. The molecule has 0 saturated carbocycles. The van der Waals surface area contributed by atoms with Crippen LogP contribution in [0.5, 0.6) is 0 Å². The van der Waals surface area contributed by atoms with Crippen LogP contribution >= 0.6 is 11.3 Å². The third-order valence-electron chi connectivity index (χ3n) is 8.23. The lowest BCUT2D eigenvalue weighted by molar-refractivity contribution is 0.997. The highest BCUT2D eigenvalue weighted by molar-refractivity contribution is 7.26. The van der Waals surface area contributed by atoms with Crippen molar-refractivity contribution in [2.45, 2.75) is 0 Å². The Labute approximate surface area is 257 Å². The smallest absolute Gasteiger partial charge is 0.235 e. The van der Waals surface area contributed by atoms with Crippen molar-refractivity contribution in [3.63, 3.8) is 0 Å². The molecule has 4 nitrogen and oxygen atoms in total. The maximum absolute atomic E-state index is 5.28. The Kier molecular flexibility index (Phi) is 5.64. The maximum atomic E-state index is 5.28. The second kappa shape index (κ2) is 9.97. The van der Waals surface area contributed by atoms with Crippen molar-refractivity contribution < 1.29 is 0 Å². The zero-order valence-electron chi connectivity index (χ0n) is 23.6. The van der Waals surface area contributed by atoms with E-state index in [1.54, 1.807) is 0 Å². The highest BCUT2D eigenvalue weighted by atomic mass is 32.1. The van der Waals surface area contributed by atoms with Crippen molar-refractivity contribution in [1.29, 1.82) is 0 Å². The summed E-state index contributed by atoms with van der Waals surface area (Å²) < 4.78 is 4.72. The second-order valence-corrected chi connectivity index (χ2v) is 12.0. The summed E-state index contributed by atoms with van der Waals surface area (Å²) in [6, 6.07) is 50.5. The molecule has 9 rings (SSSR count). The summed E-state index contributed by atoms with van der Waals surface area (Å²) in [4.78, 5) is 15.8. The Morgan fingerprint density at radius 2 is 1.05 bits per heavy atom. The standard InChI is InChI=1S/C39H24N4S/c1-4-12-25(13-5-1)30-21-22-33-37(40-30)29-20-23-35-36(28-18-10-11-19-34(28)44-35)38(29)43(33)39-41-31(26-14-6-2-7-15-26)24-32(42-39)27-16-8-3-9-17-27/h1-24H. The number of fused-ring (bicyclic) bond motifs is 7. The van der Waals surface area contributed by atoms with Crippen LogP contribution in [0.2, 0.25) is 0 Å². The number of hydrogen-bond acceptors (Lipinski definition) is 4. The molecule has 0 aliphatic carbocycles. The molecule has 0 bridgehead atoms. The molecule has 0 fully saturated rings. The summed E-state index contributed by atoms with van der Waals surface area (Å²) in [5.74, 6) is 0.627. The van der Waals surface area contributed by atoms with E-state index < -0.39 is 0 Å². The van der Waals surface area contributed by atoms with Gasteiger partial charge in [0.1, 0.15) is 0 Å². The molecule has 0 saturated heterocycles. The van der Waals surface area contributed by atoms with Gasteiger partial charge in [-0.1, -0.05) is 109 Å². The highest BCUT2D eigenvalue weighted by Crippen LogP contribution is 2.43. The molecule has 5 aromatic carbocycles. The average molecular weight is 581 g/mol. The maximum Gasteiger partial charge on any atom is 0.235 e. The minimum absolute atomic E-state index is 0.627. The van der Waals surface area contributed by atoms with Crippen LogP contribution in [-0.4, -0.2) is 19.5 Å². The van der Waals surface area contributed by atoms with E-state index in [0.29, 0.717) is 5.95 Å². The van der Waals surface area contributed by atoms with E-state index in [-0.39, 0.29) is 0 Å². The van der Waals surface area contributed by atoms with Crippen LogP contribution in [0.25, 0.3) is 81.8 Å². The minimum Gasteiger partial charge on any atom is -0.276 e. The Morgan fingerprint density at radius 3 is 1.70 bits per heavy atom. The Morgan fingerprint density at radius 1 is 0.455 bits per heavy atom. The second-order valence-electron chi connectivity index (χ2n) is 10.9. The molecule has 0 N–H and O–H groups in total. The van der Waals surface area contributed by atoms with E-state index in [1.807, 2.05) is 29.5 Å². The molecule has 9 aromatic rings. The Hall–Kier alpha value is -5.65. The van der Waals surface area contributed by atoms with Crippen molar-refractivity contribution in [3.8, 4) is 39.7 Å². The molecule has 4 aromatic heterocycles. The van der Waals surface area contributed by atoms with E-state index in [1.165, 1.54) is 20.2 Å². The van der Waals surface area contributed by atoms with Gasteiger partial charge >= 0.3 is 0 Å². The average Bonchev–Trinajstić information content (AvgIpc) is 3.64. The molecular formula is C39H24N4S. The lowest BCUT2D eigenvalue weighted by Gasteiger charge is -2.12. The molecule has 0 unspecified atom stereocenters. The SMILES string of the molecule is c1ccc(-c2cc(-c3ccccc3)nc(-n3c4ccc(-c5ccccc5)nc4c4ccc5sc6ccccc6c5c43)n2)cc1. The van der Waals surface area contributed by atoms with E-state index >= 15 is 0 Å². The molecule has 0 amide bonds. The van der Waals surface area contributed by atoms with Crippen molar-refractivity contribution in [3.05, 3.63) is 146 Å². The van der Waals surface area contributed by atoms with E-state index in [9.17, 15) is 0 Å². The summed E-state index contributed by atoms with van der Waals surface area (Å²) in [5.41, 5.74) is 8.87. The zero-order valence-corrected chi connectivity index (χ0v) is 24.4. The van der Waals surface area contributed by atoms with E-state index in [2.05, 4.69) is 132 Å². The quantitative estimate of drug-likeness (QED) is 0.208. The highest BCUT2D eigenvalue weighted by Gasteiger charge is 2.22. The Balaban J connectivity index is 1.43. The number of rotatable bonds is 4. The van der Waals surface area contributed by atoms with Crippen molar-refractivity contribution in [2.24, 2.45) is 0 Å². The van der Waals surface area contributed by atoms with Gasteiger partial charge in [-0.25, -0.2) is 15.0 Å². The van der Waals surface area contributed by atoms with Crippen LogP contribution in [0, 0.1) is 0 Å². The largest absolute Gasteiger partial charge is 0.276 e. The Bertz CT molecular complexity index is 2420. The number of pyridine rings is 1. The number of aromatic nitrogens is 4. The normalized spacial score (nSPS) is 11.6. The molecule has 44 heavy (non-hydrogen) atoms. The number of benzene rings is 5. The fraction of sp³-hybridized carbons (Fsp3) is 0. The van der Waals surface area contributed by atoms with Gasteiger partial charge in [-0.3, -0.25) is 4.57 Å². The van der Waals surface area contributed by atoms with Gasteiger partial charge in [0.05, 0.1) is 33.6 Å². The predicted molar refractivity (Wildman–Crippen MR) is 183 cm³/mol. The first-order valence-electron chi connectivity index (χ1n) is 14.6. The fourth-order valence-corrected chi connectivity index (χ4v) is 7.31. The topological polar surface area (TPSA) is 43.6 Å². The van der Waals surface area contributed by atoms with Gasteiger partial charge in [0.25, 0.3) is 0 Å². The molecule has 0 aliphatic rings. The predicted octanol–water partition coefficient (Wildman–Crippen LogP) is 10.3. The zero-order chi connectivity index (χ0) is 29.0. The van der Waals surface area contributed by atoms with Crippen LogP contribution < -0.4 is 0 Å². The number of hydrogen-bond donors (Lipinski definition) is 0. The summed E-state index contributed by atoms with van der Waals surface area (Å²) in [7, 11) is 0. The van der Waals surface area contributed by atoms with Crippen LogP contribution in [0.4, 0.5) is 0 Å². The van der Waals surface area contributed by atoms with Gasteiger partial charge in [-0.15, -0.1) is 11.3 Å². The first-order valence-corrected chi connectivity index (χ1v) is 15.4. The number of nitrogens with zero attached hydrogens (tertiary/aromatic N) is 4. The summed E-state index contributed by atoms with van der Waals surface area (Å²) >= 11 is 1.82. The van der Waals surface area contributed by atoms with Gasteiger partial charge in [-0.05, 0) is 36.4 Å². The minimum atomic E-state index is 0.627. The lowest BCUT2D eigenvalue weighted by atomic mass is 10.1. The first kappa shape index (κ1) is 24.9. The van der Waals surface area contributed by atoms with Gasteiger partial charge in [0.2, 0.25) is 5.95 Å². The van der Waals surface area contributed by atoms with Gasteiger partial charge in [0.15, 0.2) is 0 Å². The molecule has 206 valence electrons. The third-order valence-corrected chi connectivity index (χ3v) is 9.37. The van der Waals surface area contributed by atoms with Crippen LogP contribution in [-0.2, 0) is 0 Å². The van der Waals surface area contributed by atoms with Crippen molar-refractivity contribution in [2.75, 3.05) is 0 Å². The fourth-order valence-electron chi connectivity index (χ4n) is 6.20. The van der Waals surface area contributed by atoms with Gasteiger partial charge in [0, 0.05) is 42.2 Å². The monoisotopic (exact) mass is 580 g/mol. The van der Waals surface area contributed by atoms with E-state index in [4.69, 9.17) is 15.0 Å². The molecule has 5 heteroatoms. The summed E-state index contributed by atoms with van der Waals surface area (Å²) in [5, 5.41) is 3.52. The molecule has 4 heterocycles. The molecule has 0 atom stereocenters. The van der Waals surface area contributed by atoms with Crippen LogP contribution in [0.3, 0.4) is 0 Å². The van der Waals surface area contributed by atoms with E-state index in [0.717, 1.165) is 55.7 Å². The summed E-state index contributed by atoms with van der Waals surface area (Å²) in [6.07, 6.45) is 0. The number of thiophene rings is 1. The van der Waals surface area contributed by atoms with Crippen LogP contribution in [0.15, 0.2) is 146 Å². The first-order chi connectivity index (χ1) is 21.8. The summed E-state index contributed by atoms with van der Waals surface area (Å²) in [6.45, 7) is 0. The molecule has 0 radical (unpaired) electrons. The third kappa shape index (κ3) is 3.94. The van der Waals surface area contributed by atoms with Crippen molar-refractivity contribution >= 4 is 53.4 Å². The van der Waals surface area contributed by atoms with Crippen molar-refractivity contribution in [1.82, 2.24) is 19.5 Å². The van der Waals surface area contributed by atoms with Crippen LogP contribution in [0.1, 0.15) is 0 Å². The molecule has 0 spiro atoms.